The number of hydrogen-bond donors (Lipinski definition) is 2. The van der Waals surface area contributed by atoms with E-state index in [2.05, 4.69) is 0 Å². The molecule has 0 fully saturated rings. The first-order valence-corrected chi connectivity index (χ1v) is 6.22. The third-order valence-electron chi connectivity index (χ3n) is 2.53. The minimum absolute atomic E-state index is 0.0460. The molecule has 9 heteroatoms. The number of carbonyl (C=O) groups is 1. The van der Waals surface area contributed by atoms with Gasteiger partial charge in [0.1, 0.15) is 6.61 Å². The van der Waals surface area contributed by atoms with Crippen molar-refractivity contribution in [1.82, 2.24) is 5.43 Å². The Morgan fingerprint density at radius 1 is 1.45 bits per heavy atom. The van der Waals surface area contributed by atoms with Gasteiger partial charge in [0.15, 0.2) is 5.75 Å². The lowest BCUT2D eigenvalue weighted by atomic mass is 9.94. The maximum absolute atomic E-state index is 11.5. The van der Waals surface area contributed by atoms with E-state index in [4.69, 9.17) is 33.8 Å². The molecule has 0 aliphatic rings. The number of rotatable bonds is 5. The zero-order chi connectivity index (χ0) is 15.5. The zero-order valence-corrected chi connectivity index (χ0v) is 12.3. The highest BCUT2D eigenvalue weighted by Gasteiger charge is 2.29. The summed E-state index contributed by atoms with van der Waals surface area (Å²) in [5, 5.41) is 11.1. The second-order valence-corrected chi connectivity index (χ2v) is 5.45. The largest absolute Gasteiger partial charge is 0.486 e. The lowest BCUT2D eigenvalue weighted by Crippen LogP contribution is -2.44. The van der Waals surface area contributed by atoms with Crippen molar-refractivity contribution >= 4 is 34.8 Å². The van der Waals surface area contributed by atoms with Gasteiger partial charge in [-0.15, -0.1) is 0 Å². The summed E-state index contributed by atoms with van der Waals surface area (Å²) in [7, 11) is 0. The maximum atomic E-state index is 11.5. The molecule has 1 amide bonds. The third-order valence-corrected chi connectivity index (χ3v) is 3.26. The van der Waals surface area contributed by atoms with Gasteiger partial charge in [0.25, 0.3) is 0 Å². The summed E-state index contributed by atoms with van der Waals surface area (Å²) in [6.45, 7) is 3.05. The average molecular weight is 322 g/mol. The Labute approximate surface area is 125 Å². The first kappa shape index (κ1) is 16.5. The van der Waals surface area contributed by atoms with Crippen LogP contribution in [0.5, 0.6) is 5.75 Å². The minimum atomic E-state index is -0.964. The summed E-state index contributed by atoms with van der Waals surface area (Å²) in [5.41, 5.74) is 0.706. The van der Waals surface area contributed by atoms with Crippen molar-refractivity contribution in [2.75, 3.05) is 6.61 Å². The van der Waals surface area contributed by atoms with Crippen molar-refractivity contribution < 1.29 is 14.5 Å². The van der Waals surface area contributed by atoms with Crippen molar-refractivity contribution in [3.63, 3.8) is 0 Å². The van der Waals surface area contributed by atoms with Gasteiger partial charge in [-0.05, 0) is 13.8 Å². The Hall–Kier alpha value is -1.57. The molecule has 0 aromatic heterocycles. The van der Waals surface area contributed by atoms with Crippen LogP contribution >= 0.6 is 23.2 Å². The van der Waals surface area contributed by atoms with E-state index in [0.717, 1.165) is 6.07 Å². The van der Waals surface area contributed by atoms with Crippen LogP contribution in [0.2, 0.25) is 10.0 Å². The summed E-state index contributed by atoms with van der Waals surface area (Å²) in [6, 6.07) is 2.33. The number of nitro groups is 1. The molecule has 20 heavy (non-hydrogen) atoms. The molecule has 0 aliphatic carbocycles. The van der Waals surface area contributed by atoms with Crippen molar-refractivity contribution in [2.24, 2.45) is 11.3 Å². The topological polar surface area (TPSA) is 107 Å². The molecule has 1 rings (SSSR count). The SMILES string of the molecule is CC(C)(COc1cc(Cl)c(Cl)cc1[N+](=O)[O-])C(=O)NN. The molecule has 0 atom stereocenters. The monoisotopic (exact) mass is 321 g/mol. The number of nitro benzene ring substituents is 1. The summed E-state index contributed by atoms with van der Waals surface area (Å²) in [4.78, 5) is 21.8. The van der Waals surface area contributed by atoms with Gasteiger partial charge < -0.3 is 4.74 Å². The number of benzene rings is 1. The van der Waals surface area contributed by atoms with E-state index in [1.165, 1.54) is 6.07 Å². The molecule has 0 aliphatic heterocycles. The molecule has 0 saturated carbocycles. The molecular formula is C11H13Cl2N3O4. The van der Waals surface area contributed by atoms with Crippen LogP contribution in [0.1, 0.15) is 13.8 Å². The van der Waals surface area contributed by atoms with E-state index in [1.807, 2.05) is 5.43 Å². The third kappa shape index (κ3) is 3.72. The fraction of sp³-hybridized carbons (Fsp3) is 0.364. The Morgan fingerprint density at radius 2 is 2.00 bits per heavy atom. The van der Waals surface area contributed by atoms with Gasteiger partial charge >= 0.3 is 5.69 Å². The van der Waals surface area contributed by atoms with E-state index in [1.54, 1.807) is 13.8 Å². The van der Waals surface area contributed by atoms with E-state index in [0.29, 0.717) is 0 Å². The summed E-state index contributed by atoms with van der Waals surface area (Å²) >= 11 is 11.5. The zero-order valence-electron chi connectivity index (χ0n) is 10.8. The fourth-order valence-corrected chi connectivity index (χ4v) is 1.61. The van der Waals surface area contributed by atoms with Gasteiger partial charge in [0.2, 0.25) is 5.91 Å². The molecule has 0 spiro atoms. The Kier molecular flexibility index (Phi) is 5.15. The Bertz CT molecular complexity index is 549. The number of hydrogen-bond acceptors (Lipinski definition) is 5. The maximum Gasteiger partial charge on any atom is 0.312 e. The number of halogens is 2. The quantitative estimate of drug-likeness (QED) is 0.374. The molecule has 0 saturated heterocycles. The second-order valence-electron chi connectivity index (χ2n) is 4.64. The van der Waals surface area contributed by atoms with E-state index in [9.17, 15) is 14.9 Å². The van der Waals surface area contributed by atoms with Crippen molar-refractivity contribution in [3.05, 3.63) is 32.3 Å². The highest BCUT2D eigenvalue weighted by atomic mass is 35.5. The van der Waals surface area contributed by atoms with E-state index >= 15 is 0 Å². The highest BCUT2D eigenvalue weighted by molar-refractivity contribution is 6.42. The highest BCUT2D eigenvalue weighted by Crippen LogP contribution is 2.36. The van der Waals surface area contributed by atoms with Gasteiger partial charge in [0.05, 0.1) is 20.4 Å². The molecule has 1 aromatic carbocycles. The number of carbonyl (C=O) groups excluding carboxylic acids is 1. The molecule has 0 heterocycles. The van der Waals surface area contributed by atoms with Crippen LogP contribution in [-0.4, -0.2) is 17.4 Å². The lowest BCUT2D eigenvalue weighted by Gasteiger charge is -2.22. The van der Waals surface area contributed by atoms with Gasteiger partial charge in [-0.1, -0.05) is 23.2 Å². The fourth-order valence-electron chi connectivity index (χ4n) is 1.30. The smallest absolute Gasteiger partial charge is 0.312 e. The predicted molar refractivity (Wildman–Crippen MR) is 74.7 cm³/mol. The Balaban J connectivity index is 3.01. The number of nitrogens with zero attached hydrogens (tertiary/aromatic N) is 1. The minimum Gasteiger partial charge on any atom is -0.486 e. The first-order valence-electron chi connectivity index (χ1n) is 5.46. The normalized spacial score (nSPS) is 11.1. The van der Waals surface area contributed by atoms with Gasteiger partial charge in [-0.3, -0.25) is 20.3 Å². The lowest BCUT2D eigenvalue weighted by molar-refractivity contribution is -0.385. The molecule has 1 aromatic rings. The van der Waals surface area contributed by atoms with Crippen LogP contribution in [0.15, 0.2) is 12.1 Å². The molecule has 7 nitrogen and oxygen atoms in total. The van der Waals surface area contributed by atoms with Crippen molar-refractivity contribution in [3.8, 4) is 5.75 Å². The molecule has 0 radical (unpaired) electrons. The van der Waals surface area contributed by atoms with E-state index in [-0.39, 0.29) is 28.1 Å². The number of nitrogens with one attached hydrogen (secondary N) is 1. The van der Waals surface area contributed by atoms with Crippen LogP contribution in [0.4, 0.5) is 5.69 Å². The Morgan fingerprint density at radius 3 is 2.50 bits per heavy atom. The number of hydrazine groups is 1. The van der Waals surface area contributed by atoms with Crippen LogP contribution in [0.3, 0.4) is 0 Å². The number of amides is 1. The van der Waals surface area contributed by atoms with Crippen LogP contribution < -0.4 is 16.0 Å². The standard InChI is InChI=1S/C11H13Cl2N3O4/c1-11(2,10(17)15-14)5-20-9-4-7(13)6(12)3-8(9)16(18)19/h3-4H,5,14H2,1-2H3,(H,15,17). The second kappa shape index (κ2) is 6.25. The predicted octanol–water partition coefficient (Wildman–Crippen LogP) is 2.30. The molecular weight excluding hydrogens is 309 g/mol. The number of ether oxygens (including phenoxy) is 1. The summed E-state index contributed by atoms with van der Waals surface area (Å²) < 4.78 is 5.32. The molecule has 0 unspecified atom stereocenters. The first-order chi connectivity index (χ1) is 9.19. The van der Waals surface area contributed by atoms with Gasteiger partial charge in [-0.25, -0.2) is 5.84 Å². The van der Waals surface area contributed by atoms with Crippen molar-refractivity contribution in [2.45, 2.75) is 13.8 Å². The summed E-state index contributed by atoms with van der Waals surface area (Å²) in [5.74, 6) is 4.52. The molecule has 0 bridgehead atoms. The summed E-state index contributed by atoms with van der Waals surface area (Å²) in [6.07, 6.45) is 0. The van der Waals surface area contributed by atoms with Gasteiger partial charge in [-0.2, -0.15) is 0 Å². The van der Waals surface area contributed by atoms with Crippen LogP contribution in [-0.2, 0) is 4.79 Å². The van der Waals surface area contributed by atoms with Gasteiger partial charge in [0, 0.05) is 12.1 Å². The van der Waals surface area contributed by atoms with Crippen molar-refractivity contribution in [1.29, 1.82) is 0 Å². The number of nitrogens with two attached hydrogens (primary N) is 1. The van der Waals surface area contributed by atoms with E-state index < -0.39 is 16.2 Å². The molecule has 110 valence electrons. The molecule has 3 N–H and O–H groups in total. The average Bonchev–Trinajstić information content (AvgIpc) is 2.38. The van der Waals surface area contributed by atoms with Crippen LogP contribution in [0, 0.1) is 15.5 Å². The van der Waals surface area contributed by atoms with Crippen LogP contribution in [0.25, 0.3) is 0 Å².